The minimum Gasteiger partial charge on any atom is -0.389 e. The van der Waals surface area contributed by atoms with Crippen molar-refractivity contribution in [3.63, 3.8) is 0 Å². The van der Waals surface area contributed by atoms with Crippen molar-refractivity contribution in [1.29, 1.82) is 0 Å². The van der Waals surface area contributed by atoms with Gasteiger partial charge in [0.1, 0.15) is 0 Å². The molecule has 0 amide bonds. The number of nitrogens with one attached hydrogen (secondary N) is 1. The predicted octanol–water partition coefficient (Wildman–Crippen LogP) is 1.14. The Hall–Kier alpha value is -2.09. The second-order valence-corrected chi connectivity index (χ2v) is 7.13. The fourth-order valence-corrected chi connectivity index (χ4v) is 3.85. The van der Waals surface area contributed by atoms with Crippen LogP contribution in [-0.2, 0) is 4.74 Å². The summed E-state index contributed by atoms with van der Waals surface area (Å²) in [4.78, 5) is 16.4. The van der Waals surface area contributed by atoms with Gasteiger partial charge >= 0.3 is 0 Å². The molecular weight excluding hydrogens is 332 g/mol. The summed E-state index contributed by atoms with van der Waals surface area (Å²) >= 11 is 0. The minimum absolute atomic E-state index is 0.0197. The van der Waals surface area contributed by atoms with Gasteiger partial charge in [0.05, 0.1) is 37.1 Å². The van der Waals surface area contributed by atoms with E-state index in [9.17, 15) is 9.90 Å². The fourth-order valence-electron chi connectivity index (χ4n) is 3.85. The van der Waals surface area contributed by atoms with Crippen molar-refractivity contribution in [2.45, 2.75) is 49.9 Å². The second kappa shape index (κ2) is 7.65. The highest BCUT2D eigenvalue weighted by molar-refractivity contribution is 5.56. The van der Waals surface area contributed by atoms with E-state index in [1.54, 1.807) is 29.2 Å². The molecule has 2 fully saturated rings. The first-order chi connectivity index (χ1) is 12.7. The second-order valence-electron chi connectivity index (χ2n) is 7.13. The Kier molecular flexibility index (Phi) is 5.10. The number of pyridine rings is 1. The summed E-state index contributed by atoms with van der Waals surface area (Å²) in [7, 11) is 0. The number of hydrogen-bond acceptors (Lipinski definition) is 6. The molecule has 26 heavy (non-hydrogen) atoms. The minimum atomic E-state index is -0.423. The molecule has 2 aliphatic rings. The van der Waals surface area contributed by atoms with E-state index in [1.165, 1.54) is 0 Å². The molecule has 1 aliphatic carbocycles. The van der Waals surface area contributed by atoms with Gasteiger partial charge in [-0.3, -0.25) is 9.78 Å². The number of aromatic nitrogens is 3. The van der Waals surface area contributed by atoms with Crippen LogP contribution < -0.4 is 10.9 Å². The maximum Gasteiger partial charge on any atom is 0.267 e. The number of aliphatic hydroxyl groups excluding tert-OH is 1. The van der Waals surface area contributed by atoms with E-state index in [2.05, 4.69) is 15.4 Å². The number of nitrogens with zero attached hydrogens (tertiary/aromatic N) is 3. The molecule has 2 unspecified atom stereocenters. The number of ether oxygens (including phenoxy) is 1. The summed E-state index contributed by atoms with van der Waals surface area (Å²) in [6.07, 6.45) is 6.76. The molecule has 7 nitrogen and oxygen atoms in total. The average Bonchev–Trinajstić information content (AvgIpc) is 3.08. The van der Waals surface area contributed by atoms with Gasteiger partial charge < -0.3 is 15.2 Å². The average molecular weight is 356 g/mol. The Morgan fingerprint density at radius 2 is 2.00 bits per heavy atom. The number of hydrogen-bond donors (Lipinski definition) is 2. The molecule has 2 N–H and O–H groups in total. The topological polar surface area (TPSA) is 89.3 Å². The molecule has 0 spiro atoms. The van der Waals surface area contributed by atoms with Crippen molar-refractivity contribution in [2.24, 2.45) is 0 Å². The third kappa shape index (κ3) is 3.70. The van der Waals surface area contributed by atoms with Crippen LogP contribution in [0.1, 0.15) is 31.7 Å². The lowest BCUT2D eigenvalue weighted by Crippen LogP contribution is -2.46. The molecule has 0 radical (unpaired) electrons. The quantitative estimate of drug-likeness (QED) is 0.854. The van der Waals surface area contributed by atoms with Gasteiger partial charge in [-0.15, -0.1) is 0 Å². The molecule has 1 saturated carbocycles. The monoisotopic (exact) mass is 356 g/mol. The van der Waals surface area contributed by atoms with Crippen LogP contribution in [0, 0.1) is 0 Å². The van der Waals surface area contributed by atoms with Gasteiger partial charge in [0, 0.05) is 30.1 Å². The van der Waals surface area contributed by atoms with E-state index in [4.69, 9.17) is 4.74 Å². The lowest BCUT2D eigenvalue weighted by atomic mass is 9.90. The summed E-state index contributed by atoms with van der Waals surface area (Å²) in [5, 5.41) is 18.0. The van der Waals surface area contributed by atoms with Crippen molar-refractivity contribution < 1.29 is 9.84 Å². The molecular formula is C19H24N4O3. The highest BCUT2D eigenvalue weighted by atomic mass is 16.5. The maximum absolute atomic E-state index is 12.3. The van der Waals surface area contributed by atoms with E-state index >= 15 is 0 Å². The summed E-state index contributed by atoms with van der Waals surface area (Å²) in [6.45, 7) is 0.975. The Morgan fingerprint density at radius 3 is 2.69 bits per heavy atom. The van der Waals surface area contributed by atoms with Gasteiger partial charge in [0.15, 0.2) is 0 Å². The van der Waals surface area contributed by atoms with Crippen LogP contribution in [0.5, 0.6) is 0 Å². The van der Waals surface area contributed by atoms with E-state index in [0.29, 0.717) is 19.3 Å². The van der Waals surface area contributed by atoms with Crippen molar-refractivity contribution in [3.8, 4) is 11.3 Å². The Morgan fingerprint density at radius 1 is 1.15 bits per heavy atom. The lowest BCUT2D eigenvalue weighted by Gasteiger charge is -2.31. The fraction of sp³-hybridized carbons (Fsp3) is 0.526. The largest absolute Gasteiger partial charge is 0.389 e. The molecule has 0 bridgehead atoms. The van der Waals surface area contributed by atoms with Crippen LogP contribution in [0.2, 0.25) is 0 Å². The normalized spacial score (nSPS) is 29.0. The van der Waals surface area contributed by atoms with Crippen LogP contribution in [-0.4, -0.2) is 51.3 Å². The zero-order valence-corrected chi connectivity index (χ0v) is 14.6. The summed E-state index contributed by atoms with van der Waals surface area (Å²) in [5.41, 5.74) is 1.62. The first-order valence-corrected chi connectivity index (χ1v) is 9.23. The van der Waals surface area contributed by atoms with Gasteiger partial charge in [-0.25, -0.2) is 4.68 Å². The highest BCUT2D eigenvalue weighted by Gasteiger charge is 2.30. The van der Waals surface area contributed by atoms with Crippen LogP contribution >= 0.6 is 0 Å². The third-order valence-electron chi connectivity index (χ3n) is 5.33. The Labute approximate surface area is 152 Å². The third-order valence-corrected chi connectivity index (χ3v) is 5.33. The predicted molar refractivity (Wildman–Crippen MR) is 96.8 cm³/mol. The van der Waals surface area contributed by atoms with Gasteiger partial charge in [0.2, 0.25) is 0 Å². The van der Waals surface area contributed by atoms with Gasteiger partial charge in [-0.05, 0) is 43.9 Å². The van der Waals surface area contributed by atoms with E-state index in [0.717, 1.165) is 36.9 Å². The summed E-state index contributed by atoms with van der Waals surface area (Å²) < 4.78 is 6.93. The zero-order valence-electron chi connectivity index (χ0n) is 14.6. The molecule has 3 heterocycles. The maximum atomic E-state index is 12.3. The van der Waals surface area contributed by atoms with Crippen molar-refractivity contribution in [1.82, 2.24) is 20.1 Å². The standard InChI is InChI=1S/C19H24N4O3/c24-18-12-26-11-17(18)21-14-3-5-15(6-4-14)23-19(25)8-7-16(22-23)13-2-1-9-20-10-13/h1-2,7-10,14-15,17-18,21,24H,3-6,11-12H2. The first-order valence-electron chi connectivity index (χ1n) is 9.23. The molecule has 4 rings (SSSR count). The van der Waals surface area contributed by atoms with Crippen LogP contribution in [0.3, 0.4) is 0 Å². The smallest absolute Gasteiger partial charge is 0.267 e. The van der Waals surface area contributed by atoms with Crippen LogP contribution in [0.25, 0.3) is 11.3 Å². The van der Waals surface area contributed by atoms with E-state index < -0.39 is 6.10 Å². The first kappa shape index (κ1) is 17.3. The number of aliphatic hydroxyl groups is 1. The van der Waals surface area contributed by atoms with Crippen molar-refractivity contribution in [3.05, 3.63) is 47.0 Å². The molecule has 0 aromatic carbocycles. The summed E-state index contributed by atoms with van der Waals surface area (Å²) in [6, 6.07) is 7.64. The van der Waals surface area contributed by atoms with Gasteiger partial charge in [-0.1, -0.05) is 0 Å². The number of rotatable bonds is 4. The van der Waals surface area contributed by atoms with Gasteiger partial charge in [-0.2, -0.15) is 5.10 Å². The molecule has 2 atom stereocenters. The zero-order chi connectivity index (χ0) is 17.9. The molecule has 7 heteroatoms. The Balaban J connectivity index is 1.43. The van der Waals surface area contributed by atoms with Crippen LogP contribution in [0.4, 0.5) is 0 Å². The molecule has 138 valence electrons. The molecule has 2 aromatic heterocycles. The highest BCUT2D eigenvalue weighted by Crippen LogP contribution is 2.28. The van der Waals surface area contributed by atoms with Crippen molar-refractivity contribution in [2.75, 3.05) is 13.2 Å². The Bertz CT molecular complexity index is 787. The van der Waals surface area contributed by atoms with E-state index in [-0.39, 0.29) is 17.6 Å². The van der Waals surface area contributed by atoms with Crippen LogP contribution in [0.15, 0.2) is 41.5 Å². The molecule has 1 aliphatic heterocycles. The SMILES string of the molecule is O=c1ccc(-c2cccnc2)nn1C1CCC(NC2COCC2O)CC1. The van der Waals surface area contributed by atoms with E-state index in [1.807, 2.05) is 12.1 Å². The summed E-state index contributed by atoms with van der Waals surface area (Å²) in [5.74, 6) is 0. The molecule has 1 saturated heterocycles. The van der Waals surface area contributed by atoms with Gasteiger partial charge in [0.25, 0.3) is 5.56 Å². The van der Waals surface area contributed by atoms with Crippen molar-refractivity contribution >= 4 is 0 Å². The molecule has 2 aromatic rings. The lowest BCUT2D eigenvalue weighted by molar-refractivity contribution is 0.119.